The molecule has 0 aliphatic heterocycles. The Morgan fingerprint density at radius 3 is 2.79 bits per heavy atom. The van der Waals surface area contributed by atoms with Crippen LogP contribution < -0.4 is 5.73 Å². The minimum absolute atomic E-state index is 0.235. The smallest absolute Gasteiger partial charge is 0.254 e. The number of methoxy groups -OCH3 is 1. The normalized spacial score (nSPS) is 10.3. The molecule has 0 aliphatic carbocycles. The number of carbonyl (C=O) groups excluding carboxylic acids is 1. The van der Waals surface area contributed by atoms with Gasteiger partial charge in [0.2, 0.25) is 0 Å². The molecule has 0 bridgehead atoms. The zero-order valence-corrected chi connectivity index (χ0v) is 11.3. The van der Waals surface area contributed by atoms with Gasteiger partial charge in [-0.1, -0.05) is 6.08 Å². The third-order valence-corrected chi connectivity index (χ3v) is 2.83. The zero-order valence-electron chi connectivity index (χ0n) is 11.3. The molecular formula is C14H19FN2O2. The van der Waals surface area contributed by atoms with Crippen molar-refractivity contribution in [2.45, 2.75) is 6.92 Å². The number of anilines is 1. The summed E-state index contributed by atoms with van der Waals surface area (Å²) in [5.41, 5.74) is 6.54. The number of benzene rings is 1. The summed E-state index contributed by atoms with van der Waals surface area (Å²) in [5.74, 6) is -0.767. The van der Waals surface area contributed by atoms with Crippen LogP contribution in [0.3, 0.4) is 0 Å². The molecule has 0 heterocycles. The van der Waals surface area contributed by atoms with Gasteiger partial charge in [-0.05, 0) is 19.1 Å². The molecule has 1 aromatic rings. The van der Waals surface area contributed by atoms with E-state index in [4.69, 9.17) is 10.5 Å². The van der Waals surface area contributed by atoms with Gasteiger partial charge in [0.25, 0.3) is 5.91 Å². The van der Waals surface area contributed by atoms with Crippen LogP contribution in [0.25, 0.3) is 0 Å². The monoisotopic (exact) mass is 266 g/mol. The number of hydrogen-bond acceptors (Lipinski definition) is 3. The quantitative estimate of drug-likeness (QED) is 0.633. The van der Waals surface area contributed by atoms with Gasteiger partial charge in [-0.15, -0.1) is 6.58 Å². The molecule has 0 saturated carbocycles. The molecule has 2 N–H and O–H groups in total. The topological polar surface area (TPSA) is 55.6 Å². The molecule has 104 valence electrons. The molecule has 0 aromatic heterocycles. The Balaban J connectivity index is 2.98. The van der Waals surface area contributed by atoms with Gasteiger partial charge in [0, 0.05) is 37.0 Å². The van der Waals surface area contributed by atoms with E-state index in [1.165, 1.54) is 17.0 Å². The average Bonchev–Trinajstić information content (AvgIpc) is 2.39. The van der Waals surface area contributed by atoms with Gasteiger partial charge in [0.05, 0.1) is 6.61 Å². The summed E-state index contributed by atoms with van der Waals surface area (Å²) in [6.45, 7) is 6.37. The van der Waals surface area contributed by atoms with Gasteiger partial charge in [-0.25, -0.2) is 4.39 Å². The van der Waals surface area contributed by atoms with Crippen LogP contribution in [0.4, 0.5) is 10.1 Å². The van der Waals surface area contributed by atoms with Crippen molar-refractivity contribution >= 4 is 11.6 Å². The van der Waals surface area contributed by atoms with Crippen molar-refractivity contribution in [2.75, 3.05) is 32.5 Å². The van der Waals surface area contributed by atoms with Crippen LogP contribution in [0, 0.1) is 12.7 Å². The second-order valence-corrected chi connectivity index (χ2v) is 4.20. The fourth-order valence-corrected chi connectivity index (χ4v) is 1.64. The summed E-state index contributed by atoms with van der Waals surface area (Å²) in [4.78, 5) is 13.8. The lowest BCUT2D eigenvalue weighted by molar-refractivity contribution is 0.0717. The lowest BCUT2D eigenvalue weighted by Crippen LogP contribution is -2.34. The number of hydrogen-bond donors (Lipinski definition) is 1. The van der Waals surface area contributed by atoms with Crippen molar-refractivity contribution in [3.8, 4) is 0 Å². The Morgan fingerprint density at radius 2 is 2.26 bits per heavy atom. The summed E-state index contributed by atoms with van der Waals surface area (Å²) in [7, 11) is 1.56. The van der Waals surface area contributed by atoms with E-state index in [-0.39, 0.29) is 17.2 Å². The molecule has 1 aromatic carbocycles. The summed E-state index contributed by atoms with van der Waals surface area (Å²) in [6, 6.07) is 2.69. The number of carbonyl (C=O) groups is 1. The lowest BCUT2D eigenvalue weighted by atomic mass is 10.1. The highest BCUT2D eigenvalue weighted by atomic mass is 19.1. The van der Waals surface area contributed by atoms with Crippen molar-refractivity contribution in [3.05, 3.63) is 41.7 Å². The average molecular weight is 266 g/mol. The SMILES string of the molecule is C=CCN(CCOC)C(=O)c1cc(N)c(C)c(F)c1. The van der Waals surface area contributed by atoms with E-state index in [9.17, 15) is 9.18 Å². The van der Waals surface area contributed by atoms with E-state index >= 15 is 0 Å². The molecule has 0 spiro atoms. The molecule has 5 heteroatoms. The van der Waals surface area contributed by atoms with Crippen LogP contribution in [0.5, 0.6) is 0 Å². The number of nitrogens with zero attached hydrogens (tertiary/aromatic N) is 1. The van der Waals surface area contributed by atoms with Crippen molar-refractivity contribution in [2.24, 2.45) is 0 Å². The molecule has 19 heavy (non-hydrogen) atoms. The van der Waals surface area contributed by atoms with Gasteiger partial charge < -0.3 is 15.4 Å². The minimum atomic E-state index is -0.478. The number of nitrogen functional groups attached to an aromatic ring is 1. The van der Waals surface area contributed by atoms with E-state index in [1.807, 2.05) is 0 Å². The zero-order chi connectivity index (χ0) is 14.4. The Bertz CT molecular complexity index is 452. The first-order chi connectivity index (χ1) is 9.01. The van der Waals surface area contributed by atoms with Crippen LogP contribution in [0.1, 0.15) is 15.9 Å². The number of halogens is 1. The Labute approximate surface area is 112 Å². The Kier molecular flexibility index (Phi) is 5.51. The second kappa shape index (κ2) is 6.89. The third kappa shape index (κ3) is 3.79. The number of amides is 1. The van der Waals surface area contributed by atoms with Gasteiger partial charge in [-0.2, -0.15) is 0 Å². The second-order valence-electron chi connectivity index (χ2n) is 4.20. The number of rotatable bonds is 6. The maximum absolute atomic E-state index is 13.6. The van der Waals surface area contributed by atoms with Crippen LogP contribution >= 0.6 is 0 Å². The standard InChI is InChI=1S/C14H19FN2O2/c1-4-5-17(6-7-19-3)14(18)11-8-12(15)10(2)13(16)9-11/h4,8-9H,1,5-7,16H2,2-3H3. The summed E-state index contributed by atoms with van der Waals surface area (Å²) in [6.07, 6.45) is 1.61. The first-order valence-electron chi connectivity index (χ1n) is 5.96. The largest absolute Gasteiger partial charge is 0.398 e. The highest BCUT2D eigenvalue weighted by molar-refractivity contribution is 5.95. The van der Waals surface area contributed by atoms with Gasteiger partial charge in [0.15, 0.2) is 0 Å². The predicted molar refractivity (Wildman–Crippen MR) is 73.5 cm³/mol. The summed E-state index contributed by atoms with van der Waals surface area (Å²) >= 11 is 0. The van der Waals surface area contributed by atoms with Crippen molar-refractivity contribution in [1.82, 2.24) is 4.90 Å². The van der Waals surface area contributed by atoms with Gasteiger partial charge in [-0.3, -0.25) is 4.79 Å². The van der Waals surface area contributed by atoms with E-state index in [1.54, 1.807) is 20.1 Å². The molecule has 0 fully saturated rings. The van der Waals surface area contributed by atoms with Crippen LogP contribution in [-0.4, -0.2) is 37.6 Å². The molecule has 0 atom stereocenters. The van der Waals surface area contributed by atoms with Crippen LogP contribution in [0.15, 0.2) is 24.8 Å². The molecule has 1 amide bonds. The Hall–Kier alpha value is -1.88. The summed E-state index contributed by atoms with van der Waals surface area (Å²) in [5, 5.41) is 0. The number of ether oxygens (including phenoxy) is 1. The molecule has 0 aliphatic rings. The van der Waals surface area contributed by atoms with Gasteiger partial charge in [0.1, 0.15) is 5.82 Å². The maximum Gasteiger partial charge on any atom is 0.254 e. The fourth-order valence-electron chi connectivity index (χ4n) is 1.64. The van der Waals surface area contributed by atoms with E-state index in [2.05, 4.69) is 6.58 Å². The lowest BCUT2D eigenvalue weighted by Gasteiger charge is -2.21. The maximum atomic E-state index is 13.6. The van der Waals surface area contributed by atoms with Crippen LogP contribution in [-0.2, 0) is 4.74 Å². The van der Waals surface area contributed by atoms with Crippen molar-refractivity contribution in [3.63, 3.8) is 0 Å². The Morgan fingerprint density at radius 1 is 1.58 bits per heavy atom. The van der Waals surface area contributed by atoms with Gasteiger partial charge >= 0.3 is 0 Å². The van der Waals surface area contributed by atoms with Crippen LogP contribution in [0.2, 0.25) is 0 Å². The first-order valence-corrected chi connectivity index (χ1v) is 5.96. The predicted octanol–water partition coefficient (Wildman–Crippen LogP) is 1.99. The first kappa shape index (κ1) is 15.2. The summed E-state index contributed by atoms with van der Waals surface area (Å²) < 4.78 is 18.6. The highest BCUT2D eigenvalue weighted by Gasteiger charge is 2.17. The van der Waals surface area contributed by atoms with E-state index in [0.717, 1.165) is 0 Å². The third-order valence-electron chi connectivity index (χ3n) is 2.83. The molecule has 1 rings (SSSR count). The van der Waals surface area contributed by atoms with Crippen molar-refractivity contribution < 1.29 is 13.9 Å². The molecule has 0 saturated heterocycles. The number of nitrogens with two attached hydrogens (primary N) is 1. The fraction of sp³-hybridized carbons (Fsp3) is 0.357. The molecule has 4 nitrogen and oxygen atoms in total. The molecule has 0 radical (unpaired) electrons. The molecular weight excluding hydrogens is 247 g/mol. The van der Waals surface area contributed by atoms with Crippen molar-refractivity contribution in [1.29, 1.82) is 0 Å². The molecule has 0 unspecified atom stereocenters. The highest BCUT2D eigenvalue weighted by Crippen LogP contribution is 2.18. The van der Waals surface area contributed by atoms with E-state index < -0.39 is 5.82 Å². The minimum Gasteiger partial charge on any atom is -0.398 e. The van der Waals surface area contributed by atoms with E-state index in [0.29, 0.717) is 25.3 Å².